The Hall–Kier alpha value is 0.0700. The van der Waals surface area contributed by atoms with Crippen LogP contribution in [0.1, 0.15) is 122 Å². The predicted molar refractivity (Wildman–Crippen MR) is 108 cm³/mol. The van der Waals surface area contributed by atoms with Gasteiger partial charge in [-0.15, -0.1) is 0 Å². The molecule has 2 N–H and O–H groups in total. The standard InChI is InChI=1S/C20H43NO2S/c1-2-3-4-5-6-7-8-9-10-11-12-13-14-15-16-17-18-19-20-21-24(22)23/h21H,2-20H2,1H3,(H,22,23). The first kappa shape index (κ1) is 24.1. The Kier molecular flexibility index (Phi) is 21.2. The summed E-state index contributed by atoms with van der Waals surface area (Å²) in [5.41, 5.74) is 0. The van der Waals surface area contributed by atoms with E-state index in [1.807, 2.05) is 0 Å². The number of hydrogen-bond donors (Lipinski definition) is 2. The third-order valence-electron chi connectivity index (χ3n) is 4.76. The highest BCUT2D eigenvalue weighted by molar-refractivity contribution is 7.77. The fourth-order valence-electron chi connectivity index (χ4n) is 3.19. The van der Waals surface area contributed by atoms with Gasteiger partial charge in [0.25, 0.3) is 0 Å². The molecule has 0 spiro atoms. The zero-order valence-electron chi connectivity index (χ0n) is 16.2. The first-order valence-corrected chi connectivity index (χ1v) is 11.7. The Morgan fingerprint density at radius 2 is 0.875 bits per heavy atom. The van der Waals surface area contributed by atoms with Gasteiger partial charge in [-0.2, -0.15) is 0 Å². The molecule has 0 fully saturated rings. The van der Waals surface area contributed by atoms with Crippen molar-refractivity contribution in [3.8, 4) is 0 Å². The van der Waals surface area contributed by atoms with E-state index in [4.69, 9.17) is 4.55 Å². The molecule has 0 aliphatic carbocycles. The zero-order valence-corrected chi connectivity index (χ0v) is 17.0. The quantitative estimate of drug-likeness (QED) is 0.186. The van der Waals surface area contributed by atoms with Crippen LogP contribution in [0.3, 0.4) is 0 Å². The molecule has 0 amide bonds. The van der Waals surface area contributed by atoms with E-state index >= 15 is 0 Å². The minimum absolute atomic E-state index is 0.655. The Labute approximate surface area is 154 Å². The minimum atomic E-state index is -1.83. The SMILES string of the molecule is CCCCCCCCCCCCCCCCCCCCNS(=O)O. The highest BCUT2D eigenvalue weighted by Gasteiger charge is 1.95. The van der Waals surface area contributed by atoms with Gasteiger partial charge in [0.1, 0.15) is 0 Å². The Bertz CT molecular complexity index is 262. The third kappa shape index (κ3) is 22.1. The van der Waals surface area contributed by atoms with Crippen molar-refractivity contribution in [3.05, 3.63) is 0 Å². The maximum Gasteiger partial charge on any atom is 0.231 e. The van der Waals surface area contributed by atoms with Gasteiger partial charge in [-0.25, -0.2) is 8.93 Å². The van der Waals surface area contributed by atoms with Crippen LogP contribution in [0, 0.1) is 0 Å². The number of rotatable bonds is 20. The van der Waals surface area contributed by atoms with Crippen LogP contribution in [0.4, 0.5) is 0 Å². The van der Waals surface area contributed by atoms with Crippen LogP contribution in [0.5, 0.6) is 0 Å². The number of nitrogens with one attached hydrogen (secondary N) is 1. The van der Waals surface area contributed by atoms with E-state index < -0.39 is 11.3 Å². The Morgan fingerprint density at radius 3 is 1.17 bits per heavy atom. The first-order chi connectivity index (χ1) is 11.8. The molecule has 0 radical (unpaired) electrons. The molecule has 0 aliphatic rings. The van der Waals surface area contributed by atoms with Gasteiger partial charge in [0.05, 0.1) is 0 Å². The Balaban J connectivity index is 2.97. The topological polar surface area (TPSA) is 49.3 Å². The number of unbranched alkanes of at least 4 members (excludes halogenated alkanes) is 17. The lowest BCUT2D eigenvalue weighted by Gasteiger charge is -2.04. The van der Waals surface area contributed by atoms with Crippen molar-refractivity contribution >= 4 is 11.3 Å². The maximum atomic E-state index is 10.4. The van der Waals surface area contributed by atoms with E-state index in [1.165, 1.54) is 109 Å². The average Bonchev–Trinajstić information content (AvgIpc) is 2.56. The van der Waals surface area contributed by atoms with Crippen LogP contribution in [-0.2, 0) is 11.3 Å². The van der Waals surface area contributed by atoms with Crippen molar-refractivity contribution in [2.24, 2.45) is 0 Å². The fourth-order valence-corrected chi connectivity index (χ4v) is 3.51. The van der Waals surface area contributed by atoms with Crippen molar-refractivity contribution in [3.63, 3.8) is 0 Å². The molecule has 4 heteroatoms. The first-order valence-electron chi connectivity index (χ1n) is 10.6. The molecule has 1 atom stereocenters. The normalized spacial score (nSPS) is 12.6. The summed E-state index contributed by atoms with van der Waals surface area (Å²) in [5, 5.41) is 0. The van der Waals surface area contributed by atoms with Gasteiger partial charge in [0.15, 0.2) is 0 Å². The van der Waals surface area contributed by atoms with Crippen molar-refractivity contribution in [1.29, 1.82) is 0 Å². The van der Waals surface area contributed by atoms with Gasteiger partial charge in [-0.05, 0) is 6.42 Å². The summed E-state index contributed by atoms with van der Waals surface area (Å²) in [4.78, 5) is 0. The molecule has 0 aromatic rings. The molecule has 0 saturated carbocycles. The third-order valence-corrected chi connectivity index (χ3v) is 5.21. The lowest BCUT2D eigenvalue weighted by molar-refractivity contribution is 0.522. The highest BCUT2D eigenvalue weighted by Crippen LogP contribution is 2.14. The van der Waals surface area contributed by atoms with E-state index in [-0.39, 0.29) is 0 Å². The second-order valence-corrected chi connectivity index (χ2v) is 7.94. The molecule has 0 aromatic carbocycles. The molecule has 1 unspecified atom stereocenters. The summed E-state index contributed by atoms with van der Waals surface area (Å²) >= 11 is -1.83. The molecule has 0 rings (SSSR count). The van der Waals surface area contributed by atoms with Crippen LogP contribution >= 0.6 is 0 Å². The van der Waals surface area contributed by atoms with Gasteiger partial charge in [-0.3, -0.25) is 4.55 Å². The van der Waals surface area contributed by atoms with Gasteiger partial charge in [0, 0.05) is 6.54 Å². The number of hydrogen-bond acceptors (Lipinski definition) is 1. The van der Waals surface area contributed by atoms with Crippen molar-refractivity contribution < 1.29 is 8.76 Å². The van der Waals surface area contributed by atoms with Gasteiger partial charge >= 0.3 is 0 Å². The zero-order chi connectivity index (χ0) is 17.7. The smallest absolute Gasteiger partial charge is 0.231 e. The molecular weight excluding hydrogens is 318 g/mol. The molecule has 0 aliphatic heterocycles. The van der Waals surface area contributed by atoms with Gasteiger partial charge < -0.3 is 0 Å². The van der Waals surface area contributed by atoms with Gasteiger partial charge in [-0.1, -0.05) is 116 Å². The maximum absolute atomic E-state index is 10.4. The lowest BCUT2D eigenvalue weighted by Crippen LogP contribution is -2.17. The van der Waals surface area contributed by atoms with E-state index in [0.717, 1.165) is 6.42 Å². The second kappa shape index (κ2) is 21.1. The van der Waals surface area contributed by atoms with E-state index in [0.29, 0.717) is 6.54 Å². The van der Waals surface area contributed by atoms with Gasteiger partial charge in [0.2, 0.25) is 11.3 Å². The predicted octanol–water partition coefficient (Wildman–Crippen LogP) is 6.75. The summed E-state index contributed by atoms with van der Waals surface area (Å²) in [6, 6.07) is 0. The molecular formula is C20H43NO2S. The summed E-state index contributed by atoms with van der Waals surface area (Å²) in [6.45, 7) is 2.94. The molecule has 0 heterocycles. The van der Waals surface area contributed by atoms with Crippen LogP contribution in [0.25, 0.3) is 0 Å². The van der Waals surface area contributed by atoms with Crippen LogP contribution < -0.4 is 4.72 Å². The molecule has 0 aromatic heterocycles. The second-order valence-electron chi connectivity index (χ2n) is 7.15. The summed E-state index contributed by atoms with van der Waals surface area (Å²) in [7, 11) is 0. The monoisotopic (exact) mass is 361 g/mol. The molecule has 0 bridgehead atoms. The summed E-state index contributed by atoms with van der Waals surface area (Å²) in [6.07, 6.45) is 24.7. The average molecular weight is 362 g/mol. The largest absolute Gasteiger partial charge is 0.294 e. The van der Waals surface area contributed by atoms with E-state index in [2.05, 4.69) is 11.6 Å². The van der Waals surface area contributed by atoms with E-state index in [1.54, 1.807) is 0 Å². The lowest BCUT2D eigenvalue weighted by atomic mass is 10.0. The molecule has 146 valence electrons. The summed E-state index contributed by atoms with van der Waals surface area (Å²) < 4.78 is 21.5. The highest BCUT2D eigenvalue weighted by atomic mass is 32.2. The van der Waals surface area contributed by atoms with Crippen molar-refractivity contribution in [2.75, 3.05) is 6.54 Å². The minimum Gasteiger partial charge on any atom is -0.294 e. The van der Waals surface area contributed by atoms with Crippen LogP contribution in [0.2, 0.25) is 0 Å². The summed E-state index contributed by atoms with van der Waals surface area (Å²) in [5.74, 6) is 0. The van der Waals surface area contributed by atoms with E-state index in [9.17, 15) is 4.21 Å². The van der Waals surface area contributed by atoms with Crippen molar-refractivity contribution in [1.82, 2.24) is 4.72 Å². The molecule has 0 saturated heterocycles. The van der Waals surface area contributed by atoms with Crippen LogP contribution in [0.15, 0.2) is 0 Å². The van der Waals surface area contributed by atoms with Crippen LogP contribution in [-0.4, -0.2) is 15.3 Å². The molecule has 3 nitrogen and oxygen atoms in total. The molecule has 24 heavy (non-hydrogen) atoms. The fraction of sp³-hybridized carbons (Fsp3) is 1.00. The van der Waals surface area contributed by atoms with Crippen molar-refractivity contribution in [2.45, 2.75) is 122 Å². The Morgan fingerprint density at radius 1 is 0.583 bits per heavy atom.